The Morgan fingerprint density at radius 2 is 1.83 bits per heavy atom. The number of sulfonamides is 1. The van der Waals surface area contributed by atoms with Gasteiger partial charge in [-0.3, -0.25) is 9.52 Å². The third-order valence-corrected chi connectivity index (χ3v) is 5.62. The van der Waals surface area contributed by atoms with E-state index in [9.17, 15) is 13.2 Å². The first-order valence-electron chi connectivity index (χ1n) is 6.97. The van der Waals surface area contributed by atoms with Crippen LogP contribution in [0.2, 0.25) is 5.02 Å². The number of anilines is 2. The summed E-state index contributed by atoms with van der Waals surface area (Å²) in [6.45, 7) is 3.14. The second-order valence-corrected chi connectivity index (χ2v) is 8.07. The van der Waals surface area contributed by atoms with Crippen molar-refractivity contribution in [3.8, 4) is 0 Å². The van der Waals surface area contributed by atoms with Crippen LogP contribution in [0, 0.1) is 6.92 Å². The van der Waals surface area contributed by atoms with E-state index in [0.717, 1.165) is 4.90 Å². The molecule has 0 aliphatic heterocycles. The Morgan fingerprint density at radius 3 is 2.42 bits per heavy atom. The average molecular weight is 385 g/mol. The molecule has 0 bridgehead atoms. The lowest BCUT2D eigenvalue weighted by Crippen LogP contribution is -2.15. The van der Waals surface area contributed by atoms with E-state index in [1.165, 1.54) is 30.8 Å². The van der Waals surface area contributed by atoms with Gasteiger partial charge in [-0.25, -0.2) is 8.42 Å². The topological polar surface area (TPSA) is 75.3 Å². The molecule has 128 valence electrons. The molecule has 0 spiro atoms. The summed E-state index contributed by atoms with van der Waals surface area (Å²) in [6, 6.07) is 9.52. The fourth-order valence-corrected chi connectivity index (χ4v) is 4.00. The molecular weight excluding hydrogens is 368 g/mol. The number of hydrogen-bond donors (Lipinski definition) is 2. The molecule has 0 atom stereocenters. The zero-order valence-electron chi connectivity index (χ0n) is 13.4. The Morgan fingerprint density at radius 1 is 1.12 bits per heavy atom. The van der Waals surface area contributed by atoms with Crippen molar-refractivity contribution in [3.05, 3.63) is 47.0 Å². The number of carbonyl (C=O) groups is 1. The molecule has 0 aliphatic carbocycles. The molecule has 0 fully saturated rings. The van der Waals surface area contributed by atoms with Crippen molar-refractivity contribution in [2.45, 2.75) is 23.6 Å². The maximum absolute atomic E-state index is 12.6. The summed E-state index contributed by atoms with van der Waals surface area (Å²) in [4.78, 5) is 12.2. The van der Waals surface area contributed by atoms with Crippen LogP contribution in [0.1, 0.15) is 12.5 Å². The summed E-state index contributed by atoms with van der Waals surface area (Å²) in [7, 11) is -3.79. The first-order chi connectivity index (χ1) is 11.2. The predicted molar refractivity (Wildman–Crippen MR) is 99.5 cm³/mol. The number of carbonyl (C=O) groups excluding carboxylic acids is 1. The molecule has 24 heavy (non-hydrogen) atoms. The van der Waals surface area contributed by atoms with Crippen molar-refractivity contribution >= 4 is 50.7 Å². The second-order valence-electron chi connectivity index (χ2n) is 5.11. The van der Waals surface area contributed by atoms with E-state index in [1.807, 2.05) is 6.26 Å². The minimum absolute atomic E-state index is 0.0680. The number of aryl methyl sites for hydroxylation is 1. The van der Waals surface area contributed by atoms with Crippen LogP contribution in [-0.4, -0.2) is 20.6 Å². The molecule has 0 aliphatic rings. The van der Waals surface area contributed by atoms with Crippen molar-refractivity contribution in [2.24, 2.45) is 0 Å². The van der Waals surface area contributed by atoms with Crippen molar-refractivity contribution in [2.75, 3.05) is 16.3 Å². The maximum Gasteiger partial charge on any atom is 0.261 e. The molecule has 2 rings (SSSR count). The van der Waals surface area contributed by atoms with E-state index >= 15 is 0 Å². The van der Waals surface area contributed by atoms with Gasteiger partial charge in [0.05, 0.1) is 16.3 Å². The van der Waals surface area contributed by atoms with Crippen LogP contribution in [0.3, 0.4) is 0 Å². The first kappa shape index (κ1) is 18.6. The Balaban J connectivity index is 2.40. The fraction of sp³-hybridized carbons (Fsp3) is 0.188. The SMILES string of the molecule is CSc1ccc(S(=O)(=O)Nc2ccc(Cl)cc2C)cc1NC(C)=O. The van der Waals surface area contributed by atoms with Crippen LogP contribution < -0.4 is 10.0 Å². The standard InChI is InChI=1S/C16H17ClN2O3S2/c1-10-8-12(17)4-6-14(10)19-24(21,22)13-5-7-16(23-3)15(9-13)18-11(2)20/h4-9,19H,1-3H3,(H,18,20). The van der Waals surface area contributed by atoms with Gasteiger partial charge in [0.15, 0.2) is 0 Å². The Kier molecular flexibility index (Phi) is 5.79. The maximum atomic E-state index is 12.6. The van der Waals surface area contributed by atoms with Gasteiger partial charge in [-0.1, -0.05) is 11.6 Å². The van der Waals surface area contributed by atoms with Crippen molar-refractivity contribution in [3.63, 3.8) is 0 Å². The van der Waals surface area contributed by atoms with E-state index in [-0.39, 0.29) is 10.8 Å². The van der Waals surface area contributed by atoms with Gasteiger partial charge in [0.2, 0.25) is 5.91 Å². The molecule has 8 heteroatoms. The Bertz CT molecular complexity index is 883. The molecule has 0 unspecified atom stereocenters. The summed E-state index contributed by atoms with van der Waals surface area (Å²) in [5, 5.41) is 3.19. The van der Waals surface area contributed by atoms with Crippen molar-refractivity contribution in [1.29, 1.82) is 0 Å². The van der Waals surface area contributed by atoms with Gasteiger partial charge in [-0.05, 0) is 55.1 Å². The van der Waals surface area contributed by atoms with E-state index < -0.39 is 10.0 Å². The van der Waals surface area contributed by atoms with Crippen LogP contribution in [-0.2, 0) is 14.8 Å². The van der Waals surface area contributed by atoms with Crippen LogP contribution in [0.5, 0.6) is 0 Å². The average Bonchev–Trinajstić information content (AvgIpc) is 2.49. The van der Waals surface area contributed by atoms with Crippen LogP contribution in [0.4, 0.5) is 11.4 Å². The van der Waals surface area contributed by atoms with Crippen LogP contribution in [0.15, 0.2) is 46.2 Å². The van der Waals surface area contributed by atoms with Gasteiger partial charge in [0.1, 0.15) is 0 Å². The Labute approximate surface area is 150 Å². The summed E-state index contributed by atoms with van der Waals surface area (Å²) >= 11 is 7.31. The lowest BCUT2D eigenvalue weighted by atomic mass is 10.2. The molecule has 5 nitrogen and oxygen atoms in total. The minimum atomic E-state index is -3.79. The molecule has 0 radical (unpaired) electrons. The highest BCUT2D eigenvalue weighted by molar-refractivity contribution is 7.98. The number of benzene rings is 2. The molecule has 1 amide bonds. The smallest absolute Gasteiger partial charge is 0.261 e. The van der Waals surface area contributed by atoms with Gasteiger partial charge in [0.25, 0.3) is 10.0 Å². The largest absolute Gasteiger partial charge is 0.325 e. The lowest BCUT2D eigenvalue weighted by Gasteiger charge is -2.13. The zero-order valence-corrected chi connectivity index (χ0v) is 15.8. The summed E-state index contributed by atoms with van der Waals surface area (Å²) < 4.78 is 27.8. The highest BCUT2D eigenvalue weighted by Crippen LogP contribution is 2.29. The van der Waals surface area contributed by atoms with E-state index in [0.29, 0.717) is 22.0 Å². The summed E-state index contributed by atoms with van der Waals surface area (Å²) in [6.07, 6.45) is 1.85. The summed E-state index contributed by atoms with van der Waals surface area (Å²) in [5.74, 6) is -0.263. The third-order valence-electron chi connectivity index (χ3n) is 3.22. The number of hydrogen-bond acceptors (Lipinski definition) is 4. The van der Waals surface area contributed by atoms with E-state index in [4.69, 9.17) is 11.6 Å². The zero-order chi connectivity index (χ0) is 17.9. The molecular formula is C16H17ClN2O3S2. The van der Waals surface area contributed by atoms with Crippen molar-refractivity contribution in [1.82, 2.24) is 0 Å². The molecule has 0 saturated carbocycles. The highest BCUT2D eigenvalue weighted by atomic mass is 35.5. The quantitative estimate of drug-likeness (QED) is 0.760. The van der Waals surface area contributed by atoms with Crippen LogP contribution >= 0.6 is 23.4 Å². The van der Waals surface area contributed by atoms with Crippen molar-refractivity contribution < 1.29 is 13.2 Å². The first-order valence-corrected chi connectivity index (χ1v) is 10.1. The number of thioether (sulfide) groups is 1. The van der Waals surface area contributed by atoms with E-state index in [1.54, 1.807) is 31.2 Å². The number of nitrogens with one attached hydrogen (secondary N) is 2. The Hall–Kier alpha value is -1.70. The number of amides is 1. The van der Waals surface area contributed by atoms with Gasteiger partial charge in [-0.2, -0.15) is 0 Å². The fourth-order valence-electron chi connectivity index (χ4n) is 2.09. The van der Waals surface area contributed by atoms with Crippen LogP contribution in [0.25, 0.3) is 0 Å². The highest BCUT2D eigenvalue weighted by Gasteiger charge is 2.17. The number of halogens is 1. The second kappa shape index (κ2) is 7.46. The molecule has 2 N–H and O–H groups in total. The minimum Gasteiger partial charge on any atom is -0.325 e. The number of rotatable bonds is 5. The van der Waals surface area contributed by atoms with E-state index in [2.05, 4.69) is 10.0 Å². The van der Waals surface area contributed by atoms with Gasteiger partial charge < -0.3 is 5.32 Å². The monoisotopic (exact) mass is 384 g/mol. The molecule has 0 aromatic heterocycles. The normalized spacial score (nSPS) is 11.2. The molecule has 2 aromatic carbocycles. The third kappa shape index (κ3) is 4.43. The van der Waals surface area contributed by atoms with Gasteiger partial charge in [0, 0.05) is 16.8 Å². The summed E-state index contributed by atoms with van der Waals surface area (Å²) in [5.41, 5.74) is 1.63. The van der Waals surface area contributed by atoms with Gasteiger partial charge >= 0.3 is 0 Å². The lowest BCUT2D eigenvalue weighted by molar-refractivity contribution is -0.114. The molecule has 0 heterocycles. The van der Waals surface area contributed by atoms with Gasteiger partial charge in [-0.15, -0.1) is 11.8 Å². The molecule has 2 aromatic rings. The predicted octanol–water partition coefficient (Wildman–Crippen LogP) is 4.13. The molecule has 0 saturated heterocycles.